The van der Waals surface area contributed by atoms with Gasteiger partial charge < -0.3 is 15.2 Å². The molecule has 0 aliphatic rings. The molecule has 1 aromatic carbocycles. The number of benzene rings is 1. The number of carboxylic acids is 1. The number of carboxylic acid groups (broad SMARTS) is 1. The van der Waals surface area contributed by atoms with Crippen molar-refractivity contribution in [2.75, 3.05) is 7.11 Å². The summed E-state index contributed by atoms with van der Waals surface area (Å²) in [6, 6.07) is 1.37. The first-order chi connectivity index (χ1) is 9.86. The summed E-state index contributed by atoms with van der Waals surface area (Å²) in [6.07, 6.45) is -0.517. The van der Waals surface area contributed by atoms with Gasteiger partial charge in [0.15, 0.2) is 0 Å². The molecule has 0 radical (unpaired) electrons. The van der Waals surface area contributed by atoms with E-state index in [9.17, 15) is 23.2 Å². The highest BCUT2D eigenvalue weighted by molar-refractivity contribution is 5.97. The summed E-state index contributed by atoms with van der Waals surface area (Å²) in [6.45, 7) is 0. The van der Waals surface area contributed by atoms with Gasteiger partial charge in [0.2, 0.25) is 0 Å². The molecule has 0 aromatic heterocycles. The molecule has 1 atom stereocenters. The van der Waals surface area contributed by atoms with Crippen molar-refractivity contribution in [3.8, 4) is 0 Å². The summed E-state index contributed by atoms with van der Waals surface area (Å²) < 4.78 is 31.1. The Morgan fingerprint density at radius 2 is 1.86 bits per heavy atom. The predicted molar refractivity (Wildman–Crippen MR) is 66.5 cm³/mol. The molecule has 6 nitrogen and oxygen atoms in total. The number of methoxy groups -OCH3 is 1. The Bertz CT molecular complexity index is 541. The van der Waals surface area contributed by atoms with Crippen molar-refractivity contribution in [3.63, 3.8) is 0 Å². The number of halogens is 2. The molecule has 0 bridgehead atoms. The van der Waals surface area contributed by atoms with Crippen molar-refractivity contribution < 1.29 is 33.0 Å². The van der Waals surface area contributed by atoms with E-state index < -0.39 is 41.1 Å². The van der Waals surface area contributed by atoms with E-state index in [1.165, 1.54) is 0 Å². The number of rotatable bonds is 6. The van der Waals surface area contributed by atoms with Crippen molar-refractivity contribution >= 4 is 17.8 Å². The van der Waals surface area contributed by atoms with Gasteiger partial charge in [-0.1, -0.05) is 6.07 Å². The lowest BCUT2D eigenvalue weighted by Crippen LogP contribution is -2.41. The third-order valence-corrected chi connectivity index (χ3v) is 2.66. The van der Waals surface area contributed by atoms with Crippen LogP contribution >= 0.6 is 0 Å². The molecular weight excluding hydrogens is 288 g/mol. The molecule has 21 heavy (non-hydrogen) atoms. The van der Waals surface area contributed by atoms with Gasteiger partial charge in [0.1, 0.15) is 23.2 Å². The van der Waals surface area contributed by atoms with Crippen LogP contribution in [0.2, 0.25) is 0 Å². The average molecular weight is 301 g/mol. The fourth-order valence-corrected chi connectivity index (χ4v) is 1.57. The van der Waals surface area contributed by atoms with Gasteiger partial charge in [0, 0.05) is 6.42 Å². The fraction of sp³-hybridized carbons (Fsp3) is 0.308. The number of hydrogen-bond donors (Lipinski definition) is 2. The number of carbonyl (C=O) groups excluding carboxylic acids is 2. The van der Waals surface area contributed by atoms with Crippen molar-refractivity contribution in [2.45, 2.75) is 18.9 Å². The summed E-state index contributed by atoms with van der Waals surface area (Å²) in [5.74, 6) is -5.51. The molecular formula is C13H13F2NO5. The molecule has 1 amide bonds. The Kier molecular flexibility index (Phi) is 5.77. The van der Waals surface area contributed by atoms with E-state index in [1.54, 1.807) is 0 Å². The number of aliphatic carboxylic acids is 1. The molecule has 0 fully saturated rings. The monoisotopic (exact) mass is 301 g/mol. The van der Waals surface area contributed by atoms with Crippen molar-refractivity contribution in [2.24, 2.45) is 0 Å². The normalized spacial score (nSPS) is 11.6. The number of amides is 1. The second kappa shape index (κ2) is 7.32. The van der Waals surface area contributed by atoms with E-state index in [1.807, 2.05) is 5.32 Å². The topological polar surface area (TPSA) is 92.7 Å². The largest absolute Gasteiger partial charge is 0.480 e. The average Bonchev–Trinajstić information content (AvgIpc) is 2.42. The summed E-state index contributed by atoms with van der Waals surface area (Å²) in [4.78, 5) is 33.7. The third kappa shape index (κ3) is 4.51. The van der Waals surface area contributed by atoms with Gasteiger partial charge in [-0.2, -0.15) is 0 Å². The quantitative estimate of drug-likeness (QED) is 0.768. The number of ether oxygens (including phenoxy) is 1. The lowest BCUT2D eigenvalue weighted by molar-refractivity contribution is -0.142. The molecule has 8 heteroatoms. The molecule has 0 aliphatic heterocycles. The van der Waals surface area contributed by atoms with E-state index in [4.69, 9.17) is 5.11 Å². The predicted octanol–water partition coefficient (Wildman–Crippen LogP) is 1.10. The van der Waals surface area contributed by atoms with Crippen molar-refractivity contribution in [3.05, 3.63) is 35.4 Å². The van der Waals surface area contributed by atoms with Crippen LogP contribution in [-0.4, -0.2) is 36.1 Å². The van der Waals surface area contributed by atoms with Gasteiger partial charge >= 0.3 is 11.9 Å². The Labute approximate surface area is 118 Å². The molecule has 0 spiro atoms. The number of nitrogens with one attached hydrogen (secondary N) is 1. The van der Waals surface area contributed by atoms with Crippen LogP contribution in [0.15, 0.2) is 18.2 Å². The molecule has 0 aliphatic carbocycles. The van der Waals surface area contributed by atoms with E-state index in [2.05, 4.69) is 4.74 Å². The Morgan fingerprint density at radius 1 is 1.29 bits per heavy atom. The van der Waals surface area contributed by atoms with Crippen LogP contribution in [0.4, 0.5) is 8.78 Å². The van der Waals surface area contributed by atoms with E-state index in [-0.39, 0.29) is 12.8 Å². The molecule has 0 saturated carbocycles. The SMILES string of the molecule is COC(=O)CC[C@@H](NC(=O)c1c(F)cccc1F)C(=O)O. The van der Waals surface area contributed by atoms with Crippen LogP contribution in [-0.2, 0) is 14.3 Å². The van der Waals surface area contributed by atoms with Gasteiger partial charge in [-0.05, 0) is 18.6 Å². The Hall–Kier alpha value is -2.51. The first-order valence-corrected chi connectivity index (χ1v) is 5.91. The highest BCUT2D eigenvalue weighted by Gasteiger charge is 2.25. The zero-order valence-corrected chi connectivity index (χ0v) is 11.1. The van der Waals surface area contributed by atoms with Crippen molar-refractivity contribution in [1.82, 2.24) is 5.32 Å². The minimum atomic E-state index is -1.46. The maximum atomic E-state index is 13.4. The lowest BCUT2D eigenvalue weighted by atomic mass is 10.1. The molecule has 114 valence electrons. The maximum absolute atomic E-state index is 13.4. The van der Waals surface area contributed by atoms with Crippen LogP contribution in [0.25, 0.3) is 0 Å². The number of esters is 1. The fourth-order valence-electron chi connectivity index (χ4n) is 1.57. The summed E-state index contributed by atoms with van der Waals surface area (Å²) in [7, 11) is 1.13. The lowest BCUT2D eigenvalue weighted by Gasteiger charge is -2.14. The molecule has 1 aromatic rings. The number of carbonyl (C=O) groups is 3. The first kappa shape index (κ1) is 16.5. The summed E-state index contributed by atoms with van der Waals surface area (Å²) in [5.41, 5.74) is -0.873. The molecule has 2 N–H and O–H groups in total. The molecule has 1 rings (SSSR count). The standard InChI is InChI=1S/C13H13F2NO5/c1-21-10(17)6-5-9(13(19)20)16-12(18)11-7(14)3-2-4-8(11)15/h2-4,9H,5-6H2,1H3,(H,16,18)(H,19,20)/t9-/m1/s1. The van der Waals surface area contributed by atoms with Gasteiger partial charge in [-0.3, -0.25) is 9.59 Å². The van der Waals surface area contributed by atoms with E-state index in [0.717, 1.165) is 25.3 Å². The van der Waals surface area contributed by atoms with Crippen LogP contribution in [0, 0.1) is 11.6 Å². The molecule has 0 heterocycles. The second-order valence-corrected chi connectivity index (χ2v) is 4.08. The van der Waals surface area contributed by atoms with Crippen LogP contribution in [0.3, 0.4) is 0 Å². The van der Waals surface area contributed by atoms with Crippen LogP contribution in [0.1, 0.15) is 23.2 Å². The molecule has 0 saturated heterocycles. The highest BCUT2D eigenvalue weighted by Crippen LogP contribution is 2.12. The highest BCUT2D eigenvalue weighted by atomic mass is 19.1. The summed E-state index contributed by atoms with van der Waals surface area (Å²) in [5, 5.41) is 10.9. The molecule has 0 unspecified atom stereocenters. The van der Waals surface area contributed by atoms with E-state index in [0.29, 0.717) is 0 Å². The van der Waals surface area contributed by atoms with Crippen LogP contribution in [0.5, 0.6) is 0 Å². The smallest absolute Gasteiger partial charge is 0.326 e. The first-order valence-electron chi connectivity index (χ1n) is 5.91. The summed E-state index contributed by atoms with van der Waals surface area (Å²) >= 11 is 0. The van der Waals surface area contributed by atoms with Crippen LogP contribution < -0.4 is 5.32 Å². The maximum Gasteiger partial charge on any atom is 0.326 e. The number of hydrogen-bond acceptors (Lipinski definition) is 4. The minimum Gasteiger partial charge on any atom is -0.480 e. The van der Waals surface area contributed by atoms with Gasteiger partial charge in [0.05, 0.1) is 7.11 Å². The van der Waals surface area contributed by atoms with Gasteiger partial charge in [-0.25, -0.2) is 13.6 Å². The van der Waals surface area contributed by atoms with Gasteiger partial charge in [-0.15, -0.1) is 0 Å². The third-order valence-electron chi connectivity index (χ3n) is 2.66. The zero-order valence-electron chi connectivity index (χ0n) is 11.1. The van der Waals surface area contributed by atoms with Crippen molar-refractivity contribution in [1.29, 1.82) is 0 Å². The second-order valence-electron chi connectivity index (χ2n) is 4.08. The minimum absolute atomic E-state index is 0.256. The van der Waals surface area contributed by atoms with E-state index >= 15 is 0 Å². The Balaban J connectivity index is 2.82. The zero-order chi connectivity index (χ0) is 16.0. The van der Waals surface area contributed by atoms with Gasteiger partial charge in [0.25, 0.3) is 5.91 Å². The Morgan fingerprint density at radius 3 is 2.33 bits per heavy atom.